The van der Waals surface area contributed by atoms with E-state index in [4.69, 9.17) is 4.52 Å². The van der Waals surface area contributed by atoms with Crippen LogP contribution < -0.4 is 5.56 Å². The van der Waals surface area contributed by atoms with Crippen LogP contribution in [0.25, 0.3) is 0 Å². The van der Waals surface area contributed by atoms with E-state index >= 15 is 0 Å². The summed E-state index contributed by atoms with van der Waals surface area (Å²) in [6.45, 7) is 3.31. The number of ether oxygens (including phenoxy) is 1. The fourth-order valence-corrected chi connectivity index (χ4v) is 2.17. The summed E-state index contributed by atoms with van der Waals surface area (Å²) in [5.74, 6) is -0.124. The largest absolute Gasteiger partial charge is 0.469 e. The zero-order valence-corrected chi connectivity index (χ0v) is 11.3. The molecule has 0 saturated carbocycles. The molecule has 1 rings (SSSR count). The number of carbonyl (C=O) groups excluding carboxylic acids is 2. The second-order valence-electron chi connectivity index (χ2n) is 3.81. The third-order valence-electron chi connectivity index (χ3n) is 2.19. The molecule has 0 saturated heterocycles. The number of aryl methyl sites for hydroxylation is 1. The minimum Gasteiger partial charge on any atom is -0.469 e. The molecule has 0 aliphatic heterocycles. The fraction of sp³-hybridized carbons (Fsp3) is 0.545. The molecule has 0 bridgehead atoms. The van der Waals surface area contributed by atoms with Crippen LogP contribution in [-0.4, -0.2) is 35.2 Å². The Hall–Kier alpha value is -1.50. The second kappa shape index (κ2) is 6.44. The zero-order valence-electron chi connectivity index (χ0n) is 10.5. The maximum Gasteiger partial charge on any atom is 0.309 e. The van der Waals surface area contributed by atoms with Crippen molar-refractivity contribution in [3.8, 4) is 0 Å². The van der Waals surface area contributed by atoms with Gasteiger partial charge in [-0.15, -0.1) is 4.74 Å². The van der Waals surface area contributed by atoms with Crippen LogP contribution in [0.15, 0.2) is 15.4 Å². The van der Waals surface area contributed by atoms with Gasteiger partial charge in [-0.05, 0) is 6.92 Å². The van der Waals surface area contributed by atoms with Gasteiger partial charge in [0.05, 0.1) is 18.8 Å². The van der Waals surface area contributed by atoms with Crippen molar-refractivity contribution in [1.29, 1.82) is 0 Å². The fourth-order valence-electron chi connectivity index (χ4n) is 1.27. The molecule has 7 heteroatoms. The molecule has 1 unspecified atom stereocenters. The maximum absolute atomic E-state index is 11.6. The number of methoxy groups -OCH3 is 1. The van der Waals surface area contributed by atoms with E-state index in [9.17, 15) is 14.4 Å². The Morgan fingerprint density at radius 1 is 1.56 bits per heavy atom. The first-order chi connectivity index (χ1) is 8.45. The molecule has 1 heterocycles. The van der Waals surface area contributed by atoms with E-state index in [1.807, 2.05) is 0 Å². The van der Waals surface area contributed by atoms with Crippen molar-refractivity contribution < 1.29 is 18.8 Å². The third kappa shape index (κ3) is 3.76. The van der Waals surface area contributed by atoms with E-state index in [-0.39, 0.29) is 17.6 Å². The molecule has 1 atom stereocenters. The second-order valence-corrected chi connectivity index (χ2v) is 4.84. The maximum atomic E-state index is 11.6. The molecule has 0 aromatic carbocycles. The predicted molar refractivity (Wildman–Crippen MR) is 66.8 cm³/mol. The summed E-state index contributed by atoms with van der Waals surface area (Å²) in [5.41, 5.74) is -0.473. The van der Waals surface area contributed by atoms with Gasteiger partial charge >= 0.3 is 5.97 Å². The minimum atomic E-state index is -0.473. The predicted octanol–water partition coefficient (Wildman–Crippen LogP) is 0.932. The van der Waals surface area contributed by atoms with Gasteiger partial charge in [0.2, 0.25) is 0 Å². The summed E-state index contributed by atoms with van der Waals surface area (Å²) in [4.78, 5) is 34.1. The van der Waals surface area contributed by atoms with Gasteiger partial charge in [-0.3, -0.25) is 14.4 Å². The first-order valence-corrected chi connectivity index (χ1v) is 6.50. The van der Waals surface area contributed by atoms with Gasteiger partial charge in [0.25, 0.3) is 11.5 Å². The minimum absolute atomic E-state index is 0.0776. The number of esters is 1. The van der Waals surface area contributed by atoms with E-state index in [0.29, 0.717) is 11.5 Å². The monoisotopic (exact) mass is 273 g/mol. The standard InChI is InChI=1S/C11H15NO5S/c1-7(11(15)16-3)5-18-6-10(14)12-9(13)4-8(2)17-12/h4,7H,5-6H2,1-3H3. The van der Waals surface area contributed by atoms with Crippen LogP contribution in [0, 0.1) is 12.8 Å². The summed E-state index contributed by atoms with van der Waals surface area (Å²) in [6.07, 6.45) is 0. The lowest BCUT2D eigenvalue weighted by Crippen LogP contribution is -2.24. The van der Waals surface area contributed by atoms with E-state index in [1.54, 1.807) is 13.8 Å². The Kier molecular flexibility index (Phi) is 5.21. The summed E-state index contributed by atoms with van der Waals surface area (Å²) in [5, 5.41) is 0. The summed E-state index contributed by atoms with van der Waals surface area (Å²) >= 11 is 1.26. The highest BCUT2D eigenvalue weighted by Crippen LogP contribution is 2.10. The van der Waals surface area contributed by atoms with Crippen LogP contribution in [0.2, 0.25) is 0 Å². The molecule has 18 heavy (non-hydrogen) atoms. The number of hydrogen-bond acceptors (Lipinski definition) is 6. The van der Waals surface area contributed by atoms with Crippen molar-refractivity contribution in [2.45, 2.75) is 13.8 Å². The molecule has 0 amide bonds. The van der Waals surface area contributed by atoms with Crippen molar-refractivity contribution in [3.05, 3.63) is 22.2 Å². The molecule has 1 aromatic rings. The number of carbonyl (C=O) groups is 2. The molecule has 0 N–H and O–H groups in total. The van der Waals surface area contributed by atoms with E-state index in [2.05, 4.69) is 4.74 Å². The number of hydrogen-bond donors (Lipinski definition) is 0. The lowest BCUT2D eigenvalue weighted by atomic mass is 10.2. The van der Waals surface area contributed by atoms with Gasteiger partial charge in [-0.1, -0.05) is 6.92 Å². The first kappa shape index (κ1) is 14.6. The van der Waals surface area contributed by atoms with Crippen LogP contribution in [0.5, 0.6) is 0 Å². The Morgan fingerprint density at radius 2 is 2.22 bits per heavy atom. The average Bonchev–Trinajstić information content (AvgIpc) is 2.67. The Labute approximate surface area is 108 Å². The highest BCUT2D eigenvalue weighted by molar-refractivity contribution is 7.99. The number of aromatic nitrogens is 1. The summed E-state index contributed by atoms with van der Waals surface area (Å²) < 4.78 is 10.2. The van der Waals surface area contributed by atoms with Gasteiger partial charge in [0.15, 0.2) is 0 Å². The van der Waals surface area contributed by atoms with Crippen molar-refractivity contribution in [2.24, 2.45) is 5.92 Å². The molecule has 0 fully saturated rings. The first-order valence-electron chi connectivity index (χ1n) is 5.34. The summed E-state index contributed by atoms with van der Waals surface area (Å²) in [6, 6.07) is 1.25. The molecule has 0 aliphatic rings. The van der Waals surface area contributed by atoms with Crippen LogP contribution >= 0.6 is 11.8 Å². The SMILES string of the molecule is COC(=O)C(C)CSCC(=O)n1oc(C)cc1=O. The lowest BCUT2D eigenvalue weighted by molar-refractivity contribution is -0.144. The van der Waals surface area contributed by atoms with E-state index < -0.39 is 11.5 Å². The van der Waals surface area contributed by atoms with Crippen molar-refractivity contribution in [1.82, 2.24) is 4.74 Å². The third-order valence-corrected chi connectivity index (χ3v) is 3.37. The summed E-state index contributed by atoms with van der Waals surface area (Å²) in [7, 11) is 1.32. The van der Waals surface area contributed by atoms with Crippen molar-refractivity contribution >= 4 is 23.6 Å². The molecule has 0 spiro atoms. The van der Waals surface area contributed by atoms with Crippen LogP contribution in [0.3, 0.4) is 0 Å². The Morgan fingerprint density at radius 3 is 2.72 bits per heavy atom. The van der Waals surface area contributed by atoms with E-state index in [0.717, 1.165) is 4.74 Å². The number of rotatable bonds is 5. The van der Waals surface area contributed by atoms with Crippen molar-refractivity contribution in [2.75, 3.05) is 18.6 Å². The Bertz CT molecular complexity index is 490. The zero-order chi connectivity index (χ0) is 13.7. The van der Waals surface area contributed by atoms with Gasteiger partial charge in [-0.25, -0.2) is 0 Å². The highest BCUT2D eigenvalue weighted by Gasteiger charge is 2.16. The molecule has 1 aromatic heterocycles. The molecule has 0 aliphatic carbocycles. The van der Waals surface area contributed by atoms with Gasteiger partial charge < -0.3 is 9.26 Å². The topological polar surface area (TPSA) is 78.5 Å². The van der Waals surface area contributed by atoms with Crippen LogP contribution in [0.4, 0.5) is 0 Å². The van der Waals surface area contributed by atoms with Gasteiger partial charge in [-0.2, -0.15) is 11.8 Å². The molecule has 0 radical (unpaired) electrons. The molecule has 100 valence electrons. The number of thioether (sulfide) groups is 1. The smallest absolute Gasteiger partial charge is 0.309 e. The van der Waals surface area contributed by atoms with Crippen LogP contribution in [-0.2, 0) is 9.53 Å². The molecule has 6 nitrogen and oxygen atoms in total. The lowest BCUT2D eigenvalue weighted by Gasteiger charge is -2.07. The van der Waals surface area contributed by atoms with Crippen molar-refractivity contribution in [3.63, 3.8) is 0 Å². The number of nitrogens with zero attached hydrogens (tertiary/aromatic N) is 1. The van der Waals surface area contributed by atoms with Crippen LogP contribution in [0.1, 0.15) is 17.5 Å². The Balaban J connectivity index is 2.45. The quantitative estimate of drug-likeness (QED) is 0.743. The normalized spacial score (nSPS) is 12.2. The molecular formula is C11H15NO5S. The highest BCUT2D eigenvalue weighted by atomic mass is 32.2. The average molecular weight is 273 g/mol. The van der Waals surface area contributed by atoms with Gasteiger partial charge in [0, 0.05) is 11.8 Å². The van der Waals surface area contributed by atoms with Gasteiger partial charge in [0.1, 0.15) is 5.76 Å². The van der Waals surface area contributed by atoms with E-state index in [1.165, 1.54) is 24.9 Å². The molecular weight excluding hydrogens is 258 g/mol.